The number of nitrogens with zero attached hydrogens (tertiary/aromatic N) is 2. The van der Waals surface area contributed by atoms with Crippen LogP contribution in [0.3, 0.4) is 0 Å². The Hall–Kier alpha value is -1.13. The molecule has 4 heteroatoms. The smallest absolute Gasteiger partial charge is 0.217 e. The molecule has 2 unspecified atom stereocenters. The first-order valence-electron chi connectivity index (χ1n) is 6.58. The van der Waals surface area contributed by atoms with Crippen molar-refractivity contribution >= 4 is 0 Å². The number of pyridine rings is 1. The van der Waals surface area contributed by atoms with Gasteiger partial charge in [0.1, 0.15) is 0 Å². The second kappa shape index (κ2) is 6.16. The van der Waals surface area contributed by atoms with Crippen LogP contribution in [0.25, 0.3) is 0 Å². The summed E-state index contributed by atoms with van der Waals surface area (Å²) in [7, 11) is 3.70. The third-order valence-corrected chi connectivity index (χ3v) is 3.72. The highest BCUT2D eigenvalue weighted by Crippen LogP contribution is 2.25. The van der Waals surface area contributed by atoms with E-state index in [1.165, 1.54) is 6.42 Å². The van der Waals surface area contributed by atoms with Gasteiger partial charge >= 0.3 is 0 Å². The number of aliphatic hydroxyl groups is 1. The van der Waals surface area contributed by atoms with Crippen LogP contribution < -0.4 is 4.74 Å². The van der Waals surface area contributed by atoms with Gasteiger partial charge in [-0.25, -0.2) is 4.98 Å². The Morgan fingerprint density at radius 1 is 1.44 bits per heavy atom. The van der Waals surface area contributed by atoms with E-state index in [9.17, 15) is 5.11 Å². The fourth-order valence-corrected chi connectivity index (χ4v) is 2.72. The Kier molecular flexibility index (Phi) is 4.55. The normalized spacial score (nSPS) is 24.2. The molecule has 0 amide bonds. The molecule has 1 heterocycles. The summed E-state index contributed by atoms with van der Waals surface area (Å²) < 4.78 is 5.26. The van der Waals surface area contributed by atoms with Crippen molar-refractivity contribution in [1.82, 2.24) is 9.88 Å². The molecule has 0 saturated heterocycles. The molecule has 4 nitrogen and oxygen atoms in total. The maximum Gasteiger partial charge on any atom is 0.217 e. The standard InChI is InChI=1S/C14H22N2O2/c1-16(12-7-3-4-8-13(12)17)10-11-6-5-9-15-14(11)18-2/h5-6,9,12-13,17H,3-4,7-8,10H2,1-2H3. The lowest BCUT2D eigenvalue weighted by molar-refractivity contribution is 0.0285. The molecule has 100 valence electrons. The van der Waals surface area contributed by atoms with Gasteiger partial charge in [0.15, 0.2) is 0 Å². The summed E-state index contributed by atoms with van der Waals surface area (Å²) in [4.78, 5) is 6.41. The molecule has 18 heavy (non-hydrogen) atoms. The molecule has 1 aliphatic rings. The predicted octanol–water partition coefficient (Wildman–Crippen LogP) is 1.83. The van der Waals surface area contributed by atoms with Crippen molar-refractivity contribution in [2.75, 3.05) is 14.2 Å². The van der Waals surface area contributed by atoms with Gasteiger partial charge in [0.05, 0.1) is 13.2 Å². The first kappa shape index (κ1) is 13.3. The molecule has 0 aliphatic heterocycles. The van der Waals surface area contributed by atoms with E-state index in [2.05, 4.69) is 16.9 Å². The monoisotopic (exact) mass is 250 g/mol. The van der Waals surface area contributed by atoms with Crippen LogP contribution in [-0.4, -0.2) is 41.3 Å². The van der Waals surface area contributed by atoms with Crippen LogP contribution in [0.1, 0.15) is 31.2 Å². The quantitative estimate of drug-likeness (QED) is 0.885. The first-order valence-corrected chi connectivity index (χ1v) is 6.58. The van der Waals surface area contributed by atoms with E-state index in [4.69, 9.17) is 4.74 Å². The number of likely N-dealkylation sites (N-methyl/N-ethyl adjacent to an activating group) is 1. The van der Waals surface area contributed by atoms with Crippen LogP contribution in [0.5, 0.6) is 5.88 Å². The van der Waals surface area contributed by atoms with Crippen molar-refractivity contribution in [3.05, 3.63) is 23.9 Å². The van der Waals surface area contributed by atoms with E-state index < -0.39 is 0 Å². The summed E-state index contributed by atoms with van der Waals surface area (Å²) in [6, 6.07) is 4.20. The van der Waals surface area contributed by atoms with E-state index >= 15 is 0 Å². The molecule has 2 atom stereocenters. The Labute approximate surface area is 109 Å². The lowest BCUT2D eigenvalue weighted by atomic mass is 9.91. The zero-order valence-corrected chi connectivity index (χ0v) is 11.2. The third-order valence-electron chi connectivity index (χ3n) is 3.72. The Bertz CT molecular complexity index is 384. The highest BCUT2D eigenvalue weighted by Gasteiger charge is 2.26. The lowest BCUT2D eigenvalue weighted by Gasteiger charge is -2.35. The number of hydrogen-bond donors (Lipinski definition) is 1. The second-order valence-electron chi connectivity index (χ2n) is 5.01. The zero-order chi connectivity index (χ0) is 13.0. The summed E-state index contributed by atoms with van der Waals surface area (Å²) in [5.41, 5.74) is 1.07. The van der Waals surface area contributed by atoms with Crippen molar-refractivity contribution in [1.29, 1.82) is 0 Å². The number of aliphatic hydroxyl groups excluding tert-OH is 1. The summed E-state index contributed by atoms with van der Waals surface area (Å²) in [6.45, 7) is 0.763. The minimum absolute atomic E-state index is 0.202. The predicted molar refractivity (Wildman–Crippen MR) is 70.5 cm³/mol. The zero-order valence-electron chi connectivity index (χ0n) is 11.2. The van der Waals surface area contributed by atoms with E-state index in [1.54, 1.807) is 13.3 Å². The largest absolute Gasteiger partial charge is 0.481 e. The number of aromatic nitrogens is 1. The van der Waals surface area contributed by atoms with Crippen molar-refractivity contribution in [3.63, 3.8) is 0 Å². The highest BCUT2D eigenvalue weighted by atomic mass is 16.5. The molecule has 1 aromatic heterocycles. The lowest BCUT2D eigenvalue weighted by Crippen LogP contribution is -2.42. The average molecular weight is 250 g/mol. The fraction of sp³-hybridized carbons (Fsp3) is 0.643. The van der Waals surface area contributed by atoms with Crippen molar-refractivity contribution in [2.45, 2.75) is 44.4 Å². The molecule has 1 aliphatic carbocycles. The van der Waals surface area contributed by atoms with Gasteiger partial charge in [-0.2, -0.15) is 0 Å². The Morgan fingerprint density at radius 3 is 2.94 bits per heavy atom. The van der Waals surface area contributed by atoms with Gasteiger partial charge < -0.3 is 9.84 Å². The van der Waals surface area contributed by atoms with E-state index in [0.717, 1.165) is 31.4 Å². The minimum Gasteiger partial charge on any atom is -0.481 e. The van der Waals surface area contributed by atoms with Crippen molar-refractivity contribution in [3.8, 4) is 5.88 Å². The molecule has 1 aromatic rings. The van der Waals surface area contributed by atoms with Gasteiger partial charge in [0.25, 0.3) is 0 Å². The first-order chi connectivity index (χ1) is 8.72. The Morgan fingerprint density at radius 2 is 2.22 bits per heavy atom. The average Bonchev–Trinajstić information content (AvgIpc) is 2.39. The summed E-state index contributed by atoms with van der Waals surface area (Å²) in [6.07, 6.45) is 5.86. The second-order valence-corrected chi connectivity index (χ2v) is 5.01. The summed E-state index contributed by atoms with van der Waals surface area (Å²) in [5.74, 6) is 0.676. The van der Waals surface area contributed by atoms with E-state index in [0.29, 0.717) is 5.88 Å². The molecule has 0 aromatic carbocycles. The van der Waals surface area contributed by atoms with Crippen LogP contribution in [-0.2, 0) is 6.54 Å². The Balaban J connectivity index is 2.03. The number of hydrogen-bond acceptors (Lipinski definition) is 4. The molecule has 0 radical (unpaired) electrons. The summed E-state index contributed by atoms with van der Waals surface area (Å²) >= 11 is 0. The SMILES string of the molecule is COc1ncccc1CN(C)C1CCCCC1O. The number of ether oxygens (including phenoxy) is 1. The van der Waals surface area contributed by atoms with Crippen LogP contribution in [0, 0.1) is 0 Å². The van der Waals surface area contributed by atoms with Crippen LogP contribution in [0.2, 0.25) is 0 Å². The van der Waals surface area contributed by atoms with E-state index in [-0.39, 0.29) is 12.1 Å². The van der Waals surface area contributed by atoms with Crippen molar-refractivity contribution < 1.29 is 9.84 Å². The van der Waals surface area contributed by atoms with Crippen molar-refractivity contribution in [2.24, 2.45) is 0 Å². The minimum atomic E-state index is -0.202. The maximum absolute atomic E-state index is 10.1. The van der Waals surface area contributed by atoms with Gasteiger partial charge in [0, 0.05) is 24.3 Å². The maximum atomic E-state index is 10.1. The van der Waals surface area contributed by atoms with Gasteiger partial charge in [-0.15, -0.1) is 0 Å². The van der Waals surface area contributed by atoms with Gasteiger partial charge in [0.2, 0.25) is 5.88 Å². The fourth-order valence-electron chi connectivity index (χ4n) is 2.72. The van der Waals surface area contributed by atoms with Crippen LogP contribution in [0.15, 0.2) is 18.3 Å². The molecule has 0 spiro atoms. The molecule has 1 fully saturated rings. The number of rotatable bonds is 4. The number of methoxy groups -OCH3 is 1. The third kappa shape index (κ3) is 3.00. The van der Waals surface area contributed by atoms with Crippen LogP contribution >= 0.6 is 0 Å². The summed E-state index contributed by atoms with van der Waals surface area (Å²) in [5, 5.41) is 10.1. The molecule has 1 saturated carbocycles. The van der Waals surface area contributed by atoms with Crippen LogP contribution in [0.4, 0.5) is 0 Å². The molecular formula is C14H22N2O2. The molecule has 0 bridgehead atoms. The van der Waals surface area contributed by atoms with E-state index in [1.807, 2.05) is 12.1 Å². The molecule has 2 rings (SSSR count). The highest BCUT2D eigenvalue weighted by molar-refractivity contribution is 5.25. The van der Waals surface area contributed by atoms with Gasteiger partial charge in [-0.05, 0) is 26.0 Å². The van der Waals surface area contributed by atoms with Gasteiger partial charge in [-0.1, -0.05) is 18.9 Å². The molecule has 1 N–H and O–H groups in total. The van der Waals surface area contributed by atoms with Gasteiger partial charge in [-0.3, -0.25) is 4.90 Å². The topological polar surface area (TPSA) is 45.6 Å². The molecular weight excluding hydrogens is 228 g/mol.